The van der Waals surface area contributed by atoms with Crippen LogP contribution in [-0.4, -0.2) is 4.57 Å². The van der Waals surface area contributed by atoms with Crippen LogP contribution in [0.15, 0.2) is 148 Å². The van der Waals surface area contributed by atoms with Gasteiger partial charge in [-0.05, 0) is 99.8 Å². The highest BCUT2D eigenvalue weighted by molar-refractivity contribution is 6.14. The Kier molecular flexibility index (Phi) is 6.57. The summed E-state index contributed by atoms with van der Waals surface area (Å²) >= 11 is 0. The molecule has 0 saturated heterocycles. The molecule has 51 heavy (non-hydrogen) atoms. The quantitative estimate of drug-likeness (QED) is 0.184. The van der Waals surface area contributed by atoms with Crippen LogP contribution in [0, 0.1) is 0 Å². The van der Waals surface area contributed by atoms with Crippen molar-refractivity contribution in [1.82, 2.24) is 4.57 Å². The van der Waals surface area contributed by atoms with E-state index in [1.54, 1.807) is 0 Å². The second kappa shape index (κ2) is 11.2. The van der Waals surface area contributed by atoms with Gasteiger partial charge in [-0.3, -0.25) is 0 Å². The van der Waals surface area contributed by atoms with Crippen LogP contribution in [0.5, 0.6) is 0 Å². The molecule has 7 aromatic carbocycles. The molecule has 0 spiro atoms. The lowest BCUT2D eigenvalue weighted by molar-refractivity contribution is 0.666. The van der Waals surface area contributed by atoms with Crippen molar-refractivity contribution in [2.75, 3.05) is 0 Å². The average Bonchev–Trinajstić information content (AvgIpc) is 3.83. The van der Waals surface area contributed by atoms with Crippen molar-refractivity contribution in [3.8, 4) is 27.9 Å². The minimum Gasteiger partial charge on any atom is -0.456 e. The third-order valence-electron chi connectivity index (χ3n) is 10.8. The fourth-order valence-corrected chi connectivity index (χ4v) is 8.32. The summed E-state index contributed by atoms with van der Waals surface area (Å²) < 4.78 is 15.2. The zero-order valence-electron chi connectivity index (χ0n) is 29.2. The number of rotatable bonds is 5. The van der Waals surface area contributed by atoms with Crippen molar-refractivity contribution < 1.29 is 8.83 Å². The van der Waals surface area contributed by atoms with Crippen LogP contribution in [0.1, 0.15) is 50.7 Å². The molecule has 3 heterocycles. The summed E-state index contributed by atoms with van der Waals surface area (Å²) in [7, 11) is 0. The number of hydrogen-bond donors (Lipinski definition) is 0. The molecule has 10 rings (SSSR count). The molecule has 3 nitrogen and oxygen atoms in total. The molecule has 0 N–H and O–H groups in total. The number of benzene rings is 7. The van der Waals surface area contributed by atoms with Crippen LogP contribution >= 0.6 is 0 Å². The number of nitrogens with zero attached hydrogens (tertiary/aromatic N) is 1. The Morgan fingerprint density at radius 2 is 0.961 bits per heavy atom. The zero-order chi connectivity index (χ0) is 34.4. The Bertz CT molecular complexity index is 2960. The van der Waals surface area contributed by atoms with Gasteiger partial charge in [-0.2, -0.15) is 0 Å². The normalized spacial score (nSPS) is 12.3. The minimum atomic E-state index is 0.426. The van der Waals surface area contributed by atoms with Gasteiger partial charge in [-0.25, -0.2) is 0 Å². The van der Waals surface area contributed by atoms with Crippen molar-refractivity contribution in [3.63, 3.8) is 0 Å². The lowest BCUT2D eigenvalue weighted by Crippen LogP contribution is -2.00. The lowest BCUT2D eigenvalue weighted by Gasteiger charge is -2.20. The highest BCUT2D eigenvalue weighted by Gasteiger charge is 2.21. The van der Waals surface area contributed by atoms with E-state index in [9.17, 15) is 0 Å². The SMILES string of the molecule is CC(C)c1cccc(C(C)C)c1-c1ccc2c(c1)c1ccccc1n2-c1cccc2c1oc1ccc(-c3ccc4oc5ccccc5c4c3)cc12. The third-order valence-corrected chi connectivity index (χ3v) is 10.8. The topological polar surface area (TPSA) is 31.2 Å². The van der Waals surface area contributed by atoms with Gasteiger partial charge in [0.05, 0.1) is 16.7 Å². The van der Waals surface area contributed by atoms with E-state index in [-0.39, 0.29) is 0 Å². The molecule has 0 aliphatic heterocycles. The van der Waals surface area contributed by atoms with E-state index in [0.29, 0.717) is 11.8 Å². The first kappa shape index (κ1) is 29.8. The summed E-state index contributed by atoms with van der Waals surface area (Å²) in [4.78, 5) is 0. The first-order valence-corrected chi connectivity index (χ1v) is 18.0. The second-order valence-electron chi connectivity index (χ2n) is 14.5. The molecule has 0 fully saturated rings. The average molecular weight is 660 g/mol. The van der Waals surface area contributed by atoms with Crippen molar-refractivity contribution in [2.24, 2.45) is 0 Å². The Labute approximate surface area is 296 Å². The van der Waals surface area contributed by atoms with Gasteiger partial charge in [0.15, 0.2) is 5.58 Å². The fourth-order valence-electron chi connectivity index (χ4n) is 8.32. The highest BCUT2D eigenvalue weighted by atomic mass is 16.3. The summed E-state index contributed by atoms with van der Waals surface area (Å²) in [5.41, 5.74) is 14.7. The fraction of sp³-hybridized carbons (Fsp3) is 0.125. The van der Waals surface area contributed by atoms with Gasteiger partial charge in [-0.1, -0.05) is 113 Å². The number of aromatic nitrogens is 1. The van der Waals surface area contributed by atoms with Gasteiger partial charge in [0.2, 0.25) is 0 Å². The molecule has 246 valence electrons. The molecular weight excluding hydrogens is 623 g/mol. The summed E-state index contributed by atoms with van der Waals surface area (Å²) in [5.74, 6) is 0.853. The molecule has 0 amide bonds. The first-order valence-electron chi connectivity index (χ1n) is 18.0. The van der Waals surface area contributed by atoms with Gasteiger partial charge in [-0.15, -0.1) is 0 Å². The third kappa shape index (κ3) is 4.51. The van der Waals surface area contributed by atoms with Crippen LogP contribution in [0.25, 0.3) is 93.6 Å². The lowest BCUT2D eigenvalue weighted by atomic mass is 9.85. The largest absolute Gasteiger partial charge is 0.456 e. The molecule has 3 heteroatoms. The van der Waals surface area contributed by atoms with E-state index in [4.69, 9.17) is 8.83 Å². The summed E-state index contributed by atoms with van der Waals surface area (Å²) in [5, 5.41) is 6.96. The first-order chi connectivity index (χ1) is 24.9. The van der Waals surface area contributed by atoms with Crippen LogP contribution in [0.4, 0.5) is 0 Å². The predicted molar refractivity (Wildman–Crippen MR) is 214 cm³/mol. The molecule has 0 unspecified atom stereocenters. The monoisotopic (exact) mass is 659 g/mol. The number of fused-ring (bicyclic) bond motifs is 9. The van der Waals surface area contributed by atoms with E-state index in [0.717, 1.165) is 60.7 Å². The predicted octanol–water partition coefficient (Wildman–Crippen LogP) is 14.2. The summed E-state index contributed by atoms with van der Waals surface area (Å²) in [6.07, 6.45) is 0. The number of para-hydroxylation sites is 3. The zero-order valence-corrected chi connectivity index (χ0v) is 29.2. The molecular formula is C48H37NO2. The van der Waals surface area contributed by atoms with Gasteiger partial charge in [0, 0.05) is 32.3 Å². The maximum absolute atomic E-state index is 6.75. The van der Waals surface area contributed by atoms with E-state index < -0.39 is 0 Å². The van der Waals surface area contributed by atoms with Gasteiger partial charge in [0.1, 0.15) is 16.7 Å². The van der Waals surface area contributed by atoms with E-state index in [1.165, 1.54) is 44.1 Å². The molecule has 0 aliphatic rings. The van der Waals surface area contributed by atoms with Gasteiger partial charge in [0.25, 0.3) is 0 Å². The van der Waals surface area contributed by atoms with E-state index >= 15 is 0 Å². The molecule has 0 radical (unpaired) electrons. The Morgan fingerprint density at radius 1 is 0.412 bits per heavy atom. The standard InChI is InChI=1S/C48H37NO2/c1-28(2)33-13-9-14-34(29(3)4)47(33)32-19-22-42-38(27-32)35-11-5-7-16-41(35)49(42)43-17-10-15-37-40-26-31(21-24-46(40)51-48(37)43)30-20-23-45-39(25-30)36-12-6-8-18-44(36)50-45/h5-29H,1-4H3. The number of hydrogen-bond acceptors (Lipinski definition) is 2. The molecule has 3 aromatic heterocycles. The molecule has 10 aromatic rings. The van der Waals surface area contributed by atoms with Crippen molar-refractivity contribution in [2.45, 2.75) is 39.5 Å². The van der Waals surface area contributed by atoms with Crippen LogP contribution in [-0.2, 0) is 0 Å². The molecule has 0 aliphatic carbocycles. The van der Waals surface area contributed by atoms with Crippen LogP contribution < -0.4 is 0 Å². The van der Waals surface area contributed by atoms with Crippen LogP contribution in [0.3, 0.4) is 0 Å². The minimum absolute atomic E-state index is 0.426. The van der Waals surface area contributed by atoms with E-state index in [1.807, 2.05) is 12.1 Å². The van der Waals surface area contributed by atoms with Gasteiger partial charge < -0.3 is 13.4 Å². The summed E-state index contributed by atoms with van der Waals surface area (Å²) in [6, 6.07) is 50.4. The highest BCUT2D eigenvalue weighted by Crippen LogP contribution is 2.43. The number of furan rings is 2. The van der Waals surface area contributed by atoms with Crippen LogP contribution in [0.2, 0.25) is 0 Å². The van der Waals surface area contributed by atoms with Gasteiger partial charge >= 0.3 is 0 Å². The Hall–Kier alpha value is -6.06. The maximum atomic E-state index is 6.75. The second-order valence-corrected chi connectivity index (χ2v) is 14.5. The Balaban J connectivity index is 1.16. The van der Waals surface area contributed by atoms with Crippen molar-refractivity contribution >= 4 is 65.7 Å². The molecule has 0 atom stereocenters. The van der Waals surface area contributed by atoms with Crippen molar-refractivity contribution in [3.05, 3.63) is 151 Å². The molecule has 0 bridgehead atoms. The smallest absolute Gasteiger partial charge is 0.159 e. The molecule has 0 saturated carbocycles. The van der Waals surface area contributed by atoms with Crippen molar-refractivity contribution in [1.29, 1.82) is 0 Å². The van der Waals surface area contributed by atoms with E-state index in [2.05, 4.69) is 160 Å². The Morgan fingerprint density at radius 3 is 1.71 bits per heavy atom. The maximum Gasteiger partial charge on any atom is 0.159 e. The summed E-state index contributed by atoms with van der Waals surface area (Å²) in [6.45, 7) is 9.18.